The predicted octanol–water partition coefficient (Wildman–Crippen LogP) is 3.58. The zero-order valence-electron chi connectivity index (χ0n) is 26.8. The molecule has 0 aliphatic rings. The third-order valence-electron chi connectivity index (χ3n) is 7.46. The molecule has 45 heavy (non-hydrogen) atoms. The summed E-state index contributed by atoms with van der Waals surface area (Å²) in [4.78, 5) is 22.3. The SMILES string of the molecule is COC(=O)[C@H](C)C[C@H](N)Cc1ccc(-c2ccccc2)cc1.C[C@H](C[C@H](N)Cc1ccc(-c2ccccc2)cc1)C(=O)O.[Li+].[OH-]. The minimum Gasteiger partial charge on any atom is -0.870 e. The Balaban J connectivity index is 0.000000431. The van der Waals surface area contributed by atoms with Crippen LogP contribution in [0.1, 0.15) is 37.8 Å². The van der Waals surface area contributed by atoms with Crippen molar-refractivity contribution in [2.45, 2.75) is 51.6 Å². The van der Waals surface area contributed by atoms with Gasteiger partial charge in [-0.05, 0) is 59.1 Å². The van der Waals surface area contributed by atoms with Crippen LogP contribution in [0.4, 0.5) is 0 Å². The van der Waals surface area contributed by atoms with Crippen molar-refractivity contribution in [3.05, 3.63) is 120 Å². The van der Waals surface area contributed by atoms with Crippen molar-refractivity contribution in [2.75, 3.05) is 7.11 Å². The van der Waals surface area contributed by atoms with Gasteiger partial charge in [-0.2, -0.15) is 0 Å². The van der Waals surface area contributed by atoms with Gasteiger partial charge in [0.05, 0.1) is 18.9 Å². The molecule has 0 aliphatic carbocycles. The maximum Gasteiger partial charge on any atom is 1.00 e. The van der Waals surface area contributed by atoms with E-state index in [-0.39, 0.29) is 48.3 Å². The molecule has 0 amide bonds. The van der Waals surface area contributed by atoms with Crippen molar-refractivity contribution in [3.8, 4) is 22.3 Å². The summed E-state index contributed by atoms with van der Waals surface area (Å²) in [5.74, 6) is -1.55. The number of ether oxygens (including phenoxy) is 1. The van der Waals surface area contributed by atoms with E-state index >= 15 is 0 Å². The molecule has 0 bridgehead atoms. The van der Waals surface area contributed by atoms with Gasteiger partial charge < -0.3 is 26.8 Å². The van der Waals surface area contributed by atoms with Gasteiger partial charge in [0.15, 0.2) is 0 Å². The number of hydrogen-bond donors (Lipinski definition) is 3. The summed E-state index contributed by atoms with van der Waals surface area (Å²) in [6.45, 7) is 3.55. The van der Waals surface area contributed by atoms with Crippen molar-refractivity contribution in [3.63, 3.8) is 0 Å². The molecule has 0 heterocycles. The van der Waals surface area contributed by atoms with E-state index in [0.717, 1.165) is 12.0 Å². The summed E-state index contributed by atoms with van der Waals surface area (Å²) in [5, 5.41) is 8.90. The monoisotopic (exact) mass is 604 g/mol. The van der Waals surface area contributed by atoms with Gasteiger partial charge in [0, 0.05) is 12.1 Å². The quantitative estimate of drug-likeness (QED) is 0.166. The maximum atomic E-state index is 11.4. The fourth-order valence-electron chi connectivity index (χ4n) is 5.01. The number of carbonyl (C=O) groups is 2. The standard InChI is InChI=1S/C19H23NO2.C18H21NO2.Li.H2O/c1-14(19(21)22-2)12-18(20)13-15-8-10-17(11-9-15)16-6-4-3-5-7-16;1-13(18(20)21)11-17(19)12-14-7-9-16(10-8-14)15-5-3-2-4-6-15;;/h3-11,14,18H,12-13,20H2,1-2H3;2-10,13,17H,11-12,19H2,1H3,(H,20,21);;1H2/q;;+1;/p-1/t14-,18+;13-,17+;;/m11../s1. The normalized spacial score (nSPS) is 12.9. The molecule has 7 nitrogen and oxygen atoms in total. The fourth-order valence-corrected chi connectivity index (χ4v) is 5.01. The van der Waals surface area contributed by atoms with E-state index in [1.165, 1.54) is 34.9 Å². The first kappa shape index (κ1) is 39.3. The van der Waals surface area contributed by atoms with Gasteiger partial charge in [-0.25, -0.2) is 0 Å². The molecule has 4 atom stereocenters. The van der Waals surface area contributed by atoms with Gasteiger partial charge in [-0.15, -0.1) is 0 Å². The molecular weight excluding hydrogens is 559 g/mol. The summed E-state index contributed by atoms with van der Waals surface area (Å²) in [6.07, 6.45) is 2.59. The van der Waals surface area contributed by atoms with E-state index in [1.807, 2.05) is 43.3 Å². The molecule has 4 aromatic rings. The summed E-state index contributed by atoms with van der Waals surface area (Å²) < 4.78 is 4.73. The molecule has 0 aliphatic heterocycles. The van der Waals surface area contributed by atoms with E-state index < -0.39 is 11.9 Å². The van der Waals surface area contributed by atoms with Crippen LogP contribution in [-0.4, -0.2) is 41.7 Å². The number of rotatable bonds is 12. The summed E-state index contributed by atoms with van der Waals surface area (Å²) in [5.41, 5.74) is 19.3. The van der Waals surface area contributed by atoms with Crippen LogP contribution < -0.4 is 30.3 Å². The van der Waals surface area contributed by atoms with Crippen LogP contribution in [-0.2, 0) is 27.2 Å². The minimum absolute atomic E-state index is 0. The third kappa shape index (κ3) is 13.4. The smallest absolute Gasteiger partial charge is 0.870 e. The second kappa shape index (κ2) is 20.4. The number of methoxy groups -OCH3 is 1. The Morgan fingerprint density at radius 2 is 0.956 bits per heavy atom. The number of hydrogen-bond acceptors (Lipinski definition) is 6. The van der Waals surface area contributed by atoms with Gasteiger partial charge in [0.2, 0.25) is 0 Å². The number of nitrogens with two attached hydrogens (primary N) is 2. The van der Waals surface area contributed by atoms with Gasteiger partial charge in [-0.3, -0.25) is 9.59 Å². The molecule has 234 valence electrons. The van der Waals surface area contributed by atoms with Crippen molar-refractivity contribution in [1.29, 1.82) is 0 Å². The zero-order valence-corrected chi connectivity index (χ0v) is 26.8. The molecule has 6 N–H and O–H groups in total. The van der Waals surface area contributed by atoms with Crippen LogP contribution in [0.3, 0.4) is 0 Å². The molecule has 0 spiro atoms. The number of aliphatic carboxylic acids is 1. The van der Waals surface area contributed by atoms with Crippen molar-refractivity contribution >= 4 is 11.9 Å². The number of benzene rings is 4. The second-order valence-electron chi connectivity index (χ2n) is 11.2. The predicted molar refractivity (Wildman–Crippen MR) is 176 cm³/mol. The average Bonchev–Trinajstić information content (AvgIpc) is 3.02. The topological polar surface area (TPSA) is 146 Å². The Morgan fingerprint density at radius 1 is 0.622 bits per heavy atom. The van der Waals surface area contributed by atoms with Crippen LogP contribution in [0.15, 0.2) is 109 Å². The first-order chi connectivity index (χ1) is 20.7. The van der Waals surface area contributed by atoms with Gasteiger partial charge >= 0.3 is 30.8 Å². The Bertz CT molecular complexity index is 1400. The van der Waals surface area contributed by atoms with Crippen LogP contribution in [0.25, 0.3) is 22.3 Å². The molecule has 0 fully saturated rings. The Kier molecular flexibility index (Phi) is 17.8. The molecule has 4 rings (SSSR count). The largest absolute Gasteiger partial charge is 1.00 e. The second-order valence-corrected chi connectivity index (χ2v) is 11.2. The minimum atomic E-state index is -0.787. The molecule has 4 aromatic carbocycles. The van der Waals surface area contributed by atoms with Gasteiger partial charge in [-0.1, -0.05) is 123 Å². The third-order valence-corrected chi connectivity index (χ3v) is 7.46. The first-order valence-electron chi connectivity index (χ1n) is 14.8. The fraction of sp³-hybridized carbons (Fsp3) is 0.297. The van der Waals surface area contributed by atoms with Crippen LogP contribution >= 0.6 is 0 Å². The van der Waals surface area contributed by atoms with Gasteiger partial charge in [0.1, 0.15) is 0 Å². The Labute approximate surface area is 279 Å². The molecule has 0 saturated heterocycles. The van der Waals surface area contributed by atoms with E-state index in [4.69, 9.17) is 21.3 Å². The maximum absolute atomic E-state index is 11.4. The number of carboxylic acid groups (broad SMARTS) is 1. The molecule has 0 radical (unpaired) electrons. The van der Waals surface area contributed by atoms with E-state index in [2.05, 4.69) is 72.8 Å². The first-order valence-corrected chi connectivity index (χ1v) is 14.8. The van der Waals surface area contributed by atoms with Crippen LogP contribution in [0.5, 0.6) is 0 Å². The summed E-state index contributed by atoms with van der Waals surface area (Å²) in [7, 11) is 1.41. The number of carboxylic acids is 1. The average molecular weight is 605 g/mol. The van der Waals surface area contributed by atoms with Crippen LogP contribution in [0, 0.1) is 11.8 Å². The van der Waals surface area contributed by atoms with E-state index in [0.29, 0.717) is 19.3 Å². The number of esters is 1. The molecule has 0 saturated carbocycles. The van der Waals surface area contributed by atoms with Crippen molar-refractivity contribution in [1.82, 2.24) is 0 Å². The van der Waals surface area contributed by atoms with E-state index in [9.17, 15) is 9.59 Å². The van der Waals surface area contributed by atoms with Crippen molar-refractivity contribution < 1.29 is 43.8 Å². The molecular formula is C37H45LiN2O5. The summed E-state index contributed by atoms with van der Waals surface area (Å²) in [6, 6.07) is 37.0. The van der Waals surface area contributed by atoms with Crippen molar-refractivity contribution in [2.24, 2.45) is 23.3 Å². The van der Waals surface area contributed by atoms with E-state index in [1.54, 1.807) is 6.92 Å². The Hall–Kier alpha value is -3.70. The molecule has 0 aromatic heterocycles. The molecule has 8 heteroatoms. The zero-order chi connectivity index (χ0) is 31.2. The van der Waals surface area contributed by atoms with Crippen LogP contribution in [0.2, 0.25) is 0 Å². The summed E-state index contributed by atoms with van der Waals surface area (Å²) >= 11 is 0. The van der Waals surface area contributed by atoms with Gasteiger partial charge in [0.25, 0.3) is 0 Å². The Morgan fingerprint density at radius 3 is 1.29 bits per heavy atom. The number of carbonyl (C=O) groups excluding carboxylic acids is 1. The molecule has 0 unspecified atom stereocenters.